The molecule has 6 heteroatoms. The third-order valence-electron chi connectivity index (χ3n) is 3.82. The highest BCUT2D eigenvalue weighted by Gasteiger charge is 2.27. The van der Waals surface area contributed by atoms with Gasteiger partial charge in [0.25, 0.3) is 0 Å². The lowest BCUT2D eigenvalue weighted by atomic mass is 10.00. The number of hydrogen-bond acceptors (Lipinski definition) is 2. The van der Waals surface area contributed by atoms with Crippen molar-refractivity contribution in [2.75, 3.05) is 18.4 Å². The number of anilines is 1. The molecule has 1 saturated heterocycles. The van der Waals surface area contributed by atoms with Crippen LogP contribution in [0.15, 0.2) is 42.7 Å². The normalized spacial score (nSPS) is 17.5. The highest BCUT2D eigenvalue weighted by atomic mass is 35.5. The van der Waals surface area contributed by atoms with Crippen LogP contribution in [0.25, 0.3) is 0 Å². The van der Waals surface area contributed by atoms with Crippen molar-refractivity contribution >= 4 is 34.9 Å². The van der Waals surface area contributed by atoms with Crippen LogP contribution in [0.4, 0.5) is 10.5 Å². The van der Waals surface area contributed by atoms with Gasteiger partial charge in [0.15, 0.2) is 0 Å². The first-order chi connectivity index (χ1) is 10.6. The van der Waals surface area contributed by atoms with Gasteiger partial charge in [0.05, 0.1) is 10.0 Å². The summed E-state index contributed by atoms with van der Waals surface area (Å²) in [5.41, 5.74) is 1.87. The van der Waals surface area contributed by atoms with Gasteiger partial charge in [-0.2, -0.15) is 0 Å². The van der Waals surface area contributed by atoms with Gasteiger partial charge < -0.3 is 10.2 Å². The molecule has 2 aromatic rings. The molecule has 1 fully saturated rings. The van der Waals surface area contributed by atoms with Crippen molar-refractivity contribution in [3.05, 3.63) is 58.3 Å². The Labute approximate surface area is 139 Å². The molecule has 4 nitrogen and oxygen atoms in total. The minimum atomic E-state index is -0.116. The van der Waals surface area contributed by atoms with Crippen molar-refractivity contribution in [2.45, 2.75) is 12.3 Å². The summed E-state index contributed by atoms with van der Waals surface area (Å²) in [6.07, 6.45) is 4.53. The zero-order valence-electron chi connectivity index (χ0n) is 11.8. The van der Waals surface area contributed by atoms with Gasteiger partial charge in [-0.05, 0) is 42.3 Å². The minimum absolute atomic E-state index is 0.116. The molecular weight excluding hydrogens is 321 g/mol. The molecule has 114 valence electrons. The van der Waals surface area contributed by atoms with E-state index >= 15 is 0 Å². The molecule has 1 aliphatic rings. The highest BCUT2D eigenvalue weighted by Crippen LogP contribution is 2.28. The van der Waals surface area contributed by atoms with Gasteiger partial charge >= 0.3 is 6.03 Å². The smallest absolute Gasteiger partial charge is 0.321 e. The van der Waals surface area contributed by atoms with Gasteiger partial charge in [-0.1, -0.05) is 23.2 Å². The Balaban J connectivity index is 1.63. The largest absolute Gasteiger partial charge is 0.324 e. The summed E-state index contributed by atoms with van der Waals surface area (Å²) < 4.78 is 0. The molecule has 0 bridgehead atoms. The molecule has 1 aromatic heterocycles. The number of benzene rings is 1. The molecule has 2 amide bonds. The monoisotopic (exact) mass is 335 g/mol. The van der Waals surface area contributed by atoms with Crippen LogP contribution in [0.5, 0.6) is 0 Å². The molecule has 1 unspecified atom stereocenters. The van der Waals surface area contributed by atoms with Crippen molar-refractivity contribution in [1.29, 1.82) is 0 Å². The zero-order chi connectivity index (χ0) is 15.5. The molecule has 1 aromatic carbocycles. The average Bonchev–Trinajstić information content (AvgIpc) is 3.02. The number of likely N-dealkylation sites (tertiary alicyclic amines) is 1. The third kappa shape index (κ3) is 3.34. The van der Waals surface area contributed by atoms with E-state index < -0.39 is 0 Å². The van der Waals surface area contributed by atoms with E-state index in [4.69, 9.17) is 23.2 Å². The lowest BCUT2D eigenvalue weighted by Gasteiger charge is -2.17. The van der Waals surface area contributed by atoms with E-state index in [1.807, 2.05) is 17.0 Å². The summed E-state index contributed by atoms with van der Waals surface area (Å²) in [6, 6.07) is 8.95. The summed E-state index contributed by atoms with van der Waals surface area (Å²) in [7, 11) is 0. The summed E-state index contributed by atoms with van der Waals surface area (Å²) in [6.45, 7) is 1.44. The standard InChI is InChI=1S/C16H15Cl2N3O/c17-14-2-1-13(9-15(14)18)20-16(22)21-8-5-12(10-21)11-3-6-19-7-4-11/h1-4,6-7,9,12H,5,8,10H2,(H,20,22). The minimum Gasteiger partial charge on any atom is -0.324 e. The fourth-order valence-electron chi connectivity index (χ4n) is 2.63. The number of carbonyl (C=O) groups excluding carboxylic acids is 1. The molecule has 1 N–H and O–H groups in total. The number of amides is 2. The topological polar surface area (TPSA) is 45.2 Å². The number of nitrogens with one attached hydrogen (secondary N) is 1. The number of halogens is 2. The van der Waals surface area contributed by atoms with Crippen LogP contribution in [0.1, 0.15) is 17.9 Å². The zero-order valence-corrected chi connectivity index (χ0v) is 13.3. The van der Waals surface area contributed by atoms with E-state index in [0.717, 1.165) is 13.0 Å². The number of aromatic nitrogens is 1. The predicted molar refractivity (Wildman–Crippen MR) is 88.6 cm³/mol. The van der Waals surface area contributed by atoms with Crippen LogP contribution >= 0.6 is 23.2 Å². The quantitative estimate of drug-likeness (QED) is 0.883. The predicted octanol–water partition coefficient (Wildman–Crippen LogP) is 4.41. The van der Waals surface area contributed by atoms with Crippen molar-refractivity contribution in [3.63, 3.8) is 0 Å². The maximum atomic E-state index is 12.3. The Kier molecular flexibility index (Phi) is 4.50. The maximum absolute atomic E-state index is 12.3. The van der Waals surface area contributed by atoms with E-state index in [1.165, 1.54) is 5.56 Å². The molecule has 1 aliphatic heterocycles. The van der Waals surface area contributed by atoms with Crippen LogP contribution < -0.4 is 5.32 Å². The van der Waals surface area contributed by atoms with E-state index in [2.05, 4.69) is 10.3 Å². The van der Waals surface area contributed by atoms with Gasteiger partial charge in [0, 0.05) is 37.1 Å². The first kappa shape index (κ1) is 15.1. The van der Waals surface area contributed by atoms with Gasteiger partial charge in [-0.25, -0.2) is 4.79 Å². The van der Waals surface area contributed by atoms with Gasteiger partial charge in [-0.3, -0.25) is 4.98 Å². The van der Waals surface area contributed by atoms with Crippen molar-refractivity contribution < 1.29 is 4.79 Å². The third-order valence-corrected chi connectivity index (χ3v) is 4.56. The van der Waals surface area contributed by atoms with E-state index in [-0.39, 0.29) is 6.03 Å². The second kappa shape index (κ2) is 6.55. The molecule has 1 atom stereocenters. The molecular formula is C16H15Cl2N3O. The Morgan fingerprint density at radius 2 is 1.95 bits per heavy atom. The number of pyridine rings is 1. The van der Waals surface area contributed by atoms with E-state index in [1.54, 1.807) is 30.6 Å². The Bertz CT molecular complexity index is 678. The molecule has 0 radical (unpaired) electrons. The number of nitrogens with zero attached hydrogens (tertiary/aromatic N) is 2. The lowest BCUT2D eigenvalue weighted by molar-refractivity contribution is 0.222. The number of hydrogen-bond donors (Lipinski definition) is 1. The second-order valence-corrected chi connectivity index (χ2v) is 6.09. The maximum Gasteiger partial charge on any atom is 0.321 e. The Morgan fingerprint density at radius 3 is 2.68 bits per heavy atom. The van der Waals surface area contributed by atoms with Crippen LogP contribution in [0.2, 0.25) is 10.0 Å². The highest BCUT2D eigenvalue weighted by molar-refractivity contribution is 6.42. The van der Waals surface area contributed by atoms with Crippen LogP contribution in [-0.4, -0.2) is 29.0 Å². The van der Waals surface area contributed by atoms with Crippen molar-refractivity contribution in [3.8, 4) is 0 Å². The Morgan fingerprint density at radius 1 is 1.18 bits per heavy atom. The van der Waals surface area contributed by atoms with E-state index in [0.29, 0.717) is 28.2 Å². The molecule has 0 saturated carbocycles. The fraction of sp³-hybridized carbons (Fsp3) is 0.250. The summed E-state index contributed by atoms with van der Waals surface area (Å²) in [5, 5.41) is 3.75. The number of urea groups is 1. The Hall–Kier alpha value is -1.78. The molecule has 22 heavy (non-hydrogen) atoms. The van der Waals surface area contributed by atoms with Crippen molar-refractivity contribution in [2.24, 2.45) is 0 Å². The van der Waals surface area contributed by atoms with Crippen molar-refractivity contribution in [1.82, 2.24) is 9.88 Å². The molecule has 0 aliphatic carbocycles. The molecule has 3 rings (SSSR count). The second-order valence-electron chi connectivity index (χ2n) is 5.27. The van der Waals surface area contributed by atoms with Crippen LogP contribution in [-0.2, 0) is 0 Å². The molecule has 2 heterocycles. The SMILES string of the molecule is O=C(Nc1ccc(Cl)c(Cl)c1)N1CCC(c2ccncc2)C1. The fourth-order valence-corrected chi connectivity index (χ4v) is 2.93. The van der Waals surface area contributed by atoms with Gasteiger partial charge in [0.2, 0.25) is 0 Å². The van der Waals surface area contributed by atoms with Gasteiger partial charge in [0.1, 0.15) is 0 Å². The van der Waals surface area contributed by atoms with Gasteiger partial charge in [-0.15, -0.1) is 0 Å². The average molecular weight is 336 g/mol. The van der Waals surface area contributed by atoms with Crippen LogP contribution in [0.3, 0.4) is 0 Å². The number of rotatable bonds is 2. The van der Waals surface area contributed by atoms with E-state index in [9.17, 15) is 4.79 Å². The van der Waals surface area contributed by atoms with Crippen LogP contribution in [0, 0.1) is 0 Å². The first-order valence-corrected chi connectivity index (χ1v) is 7.80. The molecule has 0 spiro atoms. The first-order valence-electron chi connectivity index (χ1n) is 7.04. The summed E-state index contributed by atoms with van der Waals surface area (Å²) in [4.78, 5) is 18.2. The summed E-state index contributed by atoms with van der Waals surface area (Å²) >= 11 is 11.8. The lowest BCUT2D eigenvalue weighted by Crippen LogP contribution is -2.32. The summed E-state index contributed by atoms with van der Waals surface area (Å²) in [5.74, 6) is 0.363. The number of carbonyl (C=O) groups is 1.